The Morgan fingerprint density at radius 1 is 0.958 bits per heavy atom. The number of hydrogen-bond acceptors (Lipinski definition) is 2. The summed E-state index contributed by atoms with van der Waals surface area (Å²) >= 11 is 0. The second-order valence-corrected chi connectivity index (χ2v) is 8.13. The van der Waals surface area contributed by atoms with Gasteiger partial charge in [-0.3, -0.25) is 0 Å². The molecule has 0 saturated carbocycles. The molecule has 0 saturated heterocycles. The van der Waals surface area contributed by atoms with Gasteiger partial charge in [-0.2, -0.15) is 0 Å². The Morgan fingerprint density at radius 2 is 1.62 bits per heavy atom. The van der Waals surface area contributed by atoms with E-state index < -0.39 is 0 Å². The van der Waals surface area contributed by atoms with Gasteiger partial charge in [0.05, 0.1) is 0 Å². The fourth-order valence-electron chi connectivity index (χ4n) is 4.03. The Balaban J connectivity index is 2.16. The zero-order valence-electron chi connectivity index (χ0n) is 15.1. The van der Waals surface area contributed by atoms with Gasteiger partial charge in [-0.1, -0.05) is 77.1 Å². The average Bonchev–Trinajstić information content (AvgIpc) is 2.79. The van der Waals surface area contributed by atoms with Crippen molar-refractivity contribution in [3.8, 4) is 5.75 Å². The summed E-state index contributed by atoms with van der Waals surface area (Å²) in [5, 5.41) is 9.90. The first-order valence-corrected chi connectivity index (χ1v) is 8.47. The van der Waals surface area contributed by atoms with E-state index in [4.69, 9.17) is 4.74 Å². The van der Waals surface area contributed by atoms with E-state index in [-0.39, 0.29) is 22.7 Å². The maximum absolute atomic E-state index is 9.90. The van der Waals surface area contributed by atoms with Crippen molar-refractivity contribution < 1.29 is 9.84 Å². The van der Waals surface area contributed by atoms with Gasteiger partial charge in [0.15, 0.2) is 0 Å². The number of phenolic OH excluding ortho intramolecular Hbond substituents is 1. The fraction of sp³-hybridized carbons (Fsp3) is 0.364. The molecule has 2 nitrogen and oxygen atoms in total. The van der Waals surface area contributed by atoms with Gasteiger partial charge in [0, 0.05) is 11.0 Å². The molecule has 1 atom stereocenters. The van der Waals surface area contributed by atoms with Crippen LogP contribution in [0.1, 0.15) is 51.8 Å². The summed E-state index contributed by atoms with van der Waals surface area (Å²) in [7, 11) is 0. The molecule has 126 valence electrons. The first-order valence-electron chi connectivity index (χ1n) is 8.47. The van der Waals surface area contributed by atoms with Crippen LogP contribution >= 0.6 is 0 Å². The molecule has 0 bridgehead atoms. The van der Waals surface area contributed by atoms with Gasteiger partial charge >= 0.3 is 0 Å². The first-order chi connectivity index (χ1) is 11.2. The topological polar surface area (TPSA) is 29.5 Å². The van der Waals surface area contributed by atoms with E-state index in [1.165, 1.54) is 11.1 Å². The van der Waals surface area contributed by atoms with E-state index in [1.807, 2.05) is 18.2 Å². The van der Waals surface area contributed by atoms with Crippen LogP contribution in [0.4, 0.5) is 0 Å². The van der Waals surface area contributed by atoms with Crippen molar-refractivity contribution in [3.05, 3.63) is 71.3 Å². The summed E-state index contributed by atoms with van der Waals surface area (Å²) in [5.41, 5.74) is 3.23. The van der Waals surface area contributed by atoms with Crippen molar-refractivity contribution >= 4 is 5.76 Å². The standard InChI is InChI=1S/C22H26O2/c1-21(2,3)19-18(16-12-9-13-17(23)14-16)24-20(22(19,4)5)15-10-7-6-8-11-15/h6-14,20,23H,1-5H3. The van der Waals surface area contributed by atoms with Crippen molar-refractivity contribution in [2.75, 3.05) is 0 Å². The van der Waals surface area contributed by atoms with E-state index in [0.717, 1.165) is 11.3 Å². The van der Waals surface area contributed by atoms with Gasteiger partial charge in [0.2, 0.25) is 0 Å². The smallest absolute Gasteiger partial charge is 0.133 e. The van der Waals surface area contributed by atoms with E-state index in [9.17, 15) is 5.11 Å². The lowest BCUT2D eigenvalue weighted by Crippen LogP contribution is -2.27. The summed E-state index contributed by atoms with van der Waals surface area (Å²) < 4.78 is 6.51. The third-order valence-electron chi connectivity index (χ3n) is 4.72. The van der Waals surface area contributed by atoms with Crippen LogP contribution in [-0.2, 0) is 4.74 Å². The van der Waals surface area contributed by atoms with E-state index in [1.54, 1.807) is 12.1 Å². The number of hydrogen-bond donors (Lipinski definition) is 1. The van der Waals surface area contributed by atoms with Crippen molar-refractivity contribution in [2.24, 2.45) is 10.8 Å². The minimum atomic E-state index is -0.138. The highest BCUT2D eigenvalue weighted by Gasteiger charge is 2.48. The van der Waals surface area contributed by atoms with E-state index in [0.29, 0.717) is 0 Å². The van der Waals surface area contributed by atoms with Crippen LogP contribution in [0.15, 0.2) is 60.2 Å². The summed E-state index contributed by atoms with van der Waals surface area (Å²) in [4.78, 5) is 0. The third kappa shape index (κ3) is 2.82. The lowest BCUT2D eigenvalue weighted by atomic mass is 9.67. The Kier molecular flexibility index (Phi) is 3.95. The molecule has 1 aliphatic heterocycles. The molecule has 3 rings (SSSR count). The van der Waals surface area contributed by atoms with Gasteiger partial charge in [-0.25, -0.2) is 0 Å². The second-order valence-electron chi connectivity index (χ2n) is 8.13. The summed E-state index contributed by atoms with van der Waals surface area (Å²) in [6.45, 7) is 11.2. The molecule has 1 N–H and O–H groups in total. The zero-order chi connectivity index (χ0) is 17.5. The summed E-state index contributed by atoms with van der Waals surface area (Å²) in [6.07, 6.45) is -0.0368. The maximum atomic E-state index is 9.90. The SMILES string of the molecule is CC(C)(C)C1=C(c2cccc(O)c2)OC(c2ccccc2)C1(C)C. The molecule has 1 aliphatic rings. The van der Waals surface area contributed by atoms with Gasteiger partial charge in [0.25, 0.3) is 0 Å². The molecule has 2 heteroatoms. The highest BCUT2D eigenvalue weighted by molar-refractivity contribution is 5.69. The van der Waals surface area contributed by atoms with Crippen molar-refractivity contribution in [1.29, 1.82) is 0 Å². The molecule has 0 fully saturated rings. The Labute approximate surface area is 144 Å². The number of aromatic hydroxyl groups is 1. The monoisotopic (exact) mass is 322 g/mol. The molecule has 2 aromatic carbocycles. The first kappa shape index (κ1) is 16.6. The van der Waals surface area contributed by atoms with Crippen molar-refractivity contribution in [3.63, 3.8) is 0 Å². The summed E-state index contributed by atoms with van der Waals surface area (Å²) in [5.74, 6) is 1.16. The molecular weight excluding hydrogens is 296 g/mol. The maximum Gasteiger partial charge on any atom is 0.133 e. The quantitative estimate of drug-likeness (QED) is 0.740. The highest BCUT2D eigenvalue weighted by Crippen LogP contribution is 2.58. The van der Waals surface area contributed by atoms with Crippen LogP contribution in [0.2, 0.25) is 0 Å². The summed E-state index contributed by atoms with van der Waals surface area (Å²) in [6, 6.07) is 17.7. The molecule has 24 heavy (non-hydrogen) atoms. The molecule has 2 aromatic rings. The molecule has 0 aromatic heterocycles. The fourth-order valence-corrected chi connectivity index (χ4v) is 4.03. The van der Waals surface area contributed by atoms with E-state index >= 15 is 0 Å². The van der Waals surface area contributed by atoms with Gasteiger partial charge in [-0.15, -0.1) is 0 Å². The minimum Gasteiger partial charge on any atom is -0.508 e. The number of benzene rings is 2. The second kappa shape index (κ2) is 5.70. The van der Waals surface area contributed by atoms with E-state index in [2.05, 4.69) is 58.9 Å². The van der Waals surface area contributed by atoms with Crippen molar-refractivity contribution in [1.82, 2.24) is 0 Å². The lowest BCUT2D eigenvalue weighted by Gasteiger charge is -2.34. The van der Waals surface area contributed by atoms with Crippen LogP contribution in [0, 0.1) is 10.8 Å². The molecule has 0 radical (unpaired) electrons. The Bertz CT molecular complexity index is 764. The normalized spacial score (nSPS) is 20.1. The largest absolute Gasteiger partial charge is 0.508 e. The Hall–Kier alpha value is -2.22. The van der Waals surface area contributed by atoms with Crippen LogP contribution in [-0.4, -0.2) is 5.11 Å². The number of ether oxygens (including phenoxy) is 1. The third-order valence-corrected chi connectivity index (χ3v) is 4.72. The minimum absolute atomic E-state index is 0.0339. The molecule has 1 unspecified atom stereocenters. The molecule has 0 aliphatic carbocycles. The average molecular weight is 322 g/mol. The van der Waals surface area contributed by atoms with Crippen LogP contribution in [0.5, 0.6) is 5.75 Å². The molecule has 0 amide bonds. The van der Waals surface area contributed by atoms with Crippen molar-refractivity contribution in [2.45, 2.75) is 40.7 Å². The van der Waals surface area contributed by atoms with Crippen LogP contribution in [0.3, 0.4) is 0 Å². The van der Waals surface area contributed by atoms with Gasteiger partial charge in [-0.05, 0) is 28.7 Å². The Morgan fingerprint density at radius 3 is 2.21 bits per heavy atom. The molecule has 1 heterocycles. The number of rotatable bonds is 2. The zero-order valence-corrected chi connectivity index (χ0v) is 15.1. The van der Waals surface area contributed by atoms with Crippen LogP contribution in [0.25, 0.3) is 5.76 Å². The van der Waals surface area contributed by atoms with Gasteiger partial charge in [0.1, 0.15) is 17.6 Å². The molecular formula is C22H26O2. The van der Waals surface area contributed by atoms with Crippen LogP contribution < -0.4 is 0 Å². The highest BCUT2D eigenvalue weighted by atomic mass is 16.5. The molecule has 0 spiro atoms. The predicted octanol–water partition coefficient (Wildman–Crippen LogP) is 5.95. The predicted molar refractivity (Wildman–Crippen MR) is 98.5 cm³/mol. The lowest BCUT2D eigenvalue weighted by molar-refractivity contribution is 0.100. The number of phenols is 1. The van der Waals surface area contributed by atoms with Gasteiger partial charge < -0.3 is 9.84 Å².